The van der Waals surface area contributed by atoms with Gasteiger partial charge in [0.1, 0.15) is 0 Å². The molecule has 0 heterocycles. The van der Waals surface area contributed by atoms with Crippen LogP contribution < -0.4 is 0 Å². The van der Waals surface area contributed by atoms with Crippen molar-refractivity contribution in [3.8, 4) is 0 Å². The van der Waals surface area contributed by atoms with Crippen molar-refractivity contribution in [3.63, 3.8) is 0 Å². The minimum atomic E-state index is -8.43. The van der Waals surface area contributed by atoms with Gasteiger partial charge in [0.15, 0.2) is 0 Å². The lowest BCUT2D eigenvalue weighted by Gasteiger charge is -2.43. The minimum absolute atomic E-state index is 0.346. The Balaban J connectivity index is 6.08. The van der Waals surface area contributed by atoms with Crippen LogP contribution in [-0.2, 0) is 9.53 Å². The third kappa shape index (κ3) is 4.68. The van der Waals surface area contributed by atoms with Crippen molar-refractivity contribution in [2.75, 3.05) is 6.61 Å². The molecule has 0 radical (unpaired) electrons. The summed E-state index contributed by atoms with van der Waals surface area (Å²) in [6, 6.07) is 0. The van der Waals surface area contributed by atoms with Gasteiger partial charge in [-0.2, -0.15) is 61.5 Å². The summed E-state index contributed by atoms with van der Waals surface area (Å²) in [6.07, 6.45) is -20.0. The molecule has 17 heteroatoms. The zero-order chi connectivity index (χ0) is 25.5. The first-order valence-electron chi connectivity index (χ1n) is 7.49. The maximum Gasteiger partial charge on any atom is 0.438 e. The fourth-order valence-corrected chi connectivity index (χ4v) is 1.90. The molecule has 0 fully saturated rings. The zero-order valence-electron chi connectivity index (χ0n) is 14.8. The Hall–Kier alpha value is -1.84. The molecule has 0 aliphatic carbocycles. The number of hydrogen-bond acceptors (Lipinski definition) is 2. The van der Waals surface area contributed by atoms with E-state index in [0.29, 0.717) is 0 Å². The van der Waals surface area contributed by atoms with Gasteiger partial charge in [-0.3, -0.25) is 0 Å². The normalized spacial score (nSPS) is 15.1. The number of carbonyl (C=O) groups is 1. The first-order chi connectivity index (χ1) is 13.3. The second-order valence-electron chi connectivity index (χ2n) is 6.10. The number of hydrogen-bond donors (Lipinski definition) is 0. The predicted molar refractivity (Wildman–Crippen MR) is 70.7 cm³/mol. The highest BCUT2D eigenvalue weighted by atomic mass is 19.4. The number of rotatable bonds is 9. The molecule has 184 valence electrons. The van der Waals surface area contributed by atoms with Crippen molar-refractivity contribution in [1.29, 1.82) is 0 Å². The summed E-state index contributed by atoms with van der Waals surface area (Å²) in [5.74, 6) is -31.9. The van der Waals surface area contributed by atoms with Gasteiger partial charge in [-0.05, 0) is 13.3 Å². The van der Waals surface area contributed by atoms with Crippen LogP contribution in [0.4, 0.5) is 65.9 Å². The van der Waals surface area contributed by atoms with Gasteiger partial charge >= 0.3 is 47.7 Å². The second kappa shape index (κ2) is 8.26. The monoisotopic (exact) mass is 496 g/mol. The average Bonchev–Trinajstić information content (AvgIpc) is 2.54. The third-order valence-electron chi connectivity index (χ3n) is 3.68. The van der Waals surface area contributed by atoms with Gasteiger partial charge in [-0.1, -0.05) is 6.58 Å². The first-order valence-corrected chi connectivity index (χ1v) is 7.49. The van der Waals surface area contributed by atoms with E-state index in [1.54, 1.807) is 0 Å². The number of halogens is 15. The van der Waals surface area contributed by atoms with Gasteiger partial charge in [-0.15, -0.1) is 0 Å². The van der Waals surface area contributed by atoms with E-state index in [4.69, 9.17) is 0 Å². The number of ether oxygens (including phenoxy) is 1. The number of carbonyl (C=O) groups excluding carboxylic acids is 1. The van der Waals surface area contributed by atoms with E-state index in [0.717, 1.165) is 6.92 Å². The van der Waals surface area contributed by atoms with E-state index in [-0.39, 0.29) is 5.57 Å². The highest BCUT2D eigenvalue weighted by molar-refractivity contribution is 5.86. The standard InChI is InChI=1S/C14H11F15O2/c1-6(2)7(30)31-5-3-4-8(15,16)10(18,19)12(22,23)11(20,21)9(17,13(24,25)26)14(27,28)29/h1,3-5H2,2H3. The van der Waals surface area contributed by atoms with Gasteiger partial charge in [0.2, 0.25) is 0 Å². The largest absolute Gasteiger partial charge is 0.462 e. The van der Waals surface area contributed by atoms with Gasteiger partial charge in [-0.25, -0.2) is 9.18 Å². The van der Waals surface area contributed by atoms with Crippen LogP contribution >= 0.6 is 0 Å². The lowest BCUT2D eigenvalue weighted by Crippen LogP contribution is -2.75. The molecule has 2 nitrogen and oxygen atoms in total. The molecule has 0 bridgehead atoms. The summed E-state index contributed by atoms with van der Waals surface area (Å²) in [4.78, 5) is 10.9. The van der Waals surface area contributed by atoms with Crippen molar-refractivity contribution in [1.82, 2.24) is 0 Å². The van der Waals surface area contributed by atoms with Gasteiger partial charge in [0, 0.05) is 12.0 Å². The van der Waals surface area contributed by atoms with Crippen molar-refractivity contribution in [2.24, 2.45) is 0 Å². The molecule has 0 saturated heterocycles. The van der Waals surface area contributed by atoms with E-state index in [1.165, 1.54) is 0 Å². The Labute approximate surface area is 163 Å². The van der Waals surface area contributed by atoms with Crippen molar-refractivity contribution >= 4 is 5.97 Å². The van der Waals surface area contributed by atoms with Crippen LogP contribution in [-0.4, -0.2) is 54.3 Å². The number of alkyl halides is 15. The Kier molecular flexibility index (Phi) is 7.77. The quantitative estimate of drug-likeness (QED) is 0.163. The van der Waals surface area contributed by atoms with Gasteiger partial charge < -0.3 is 4.74 Å². The molecule has 0 spiro atoms. The van der Waals surface area contributed by atoms with Crippen LogP contribution in [0.25, 0.3) is 0 Å². The van der Waals surface area contributed by atoms with Crippen LogP contribution in [0.2, 0.25) is 0 Å². The highest BCUT2D eigenvalue weighted by Crippen LogP contribution is 2.64. The lowest BCUT2D eigenvalue weighted by atomic mass is 9.85. The molecule has 0 aromatic carbocycles. The molecule has 0 rings (SSSR count). The average molecular weight is 496 g/mol. The molecule has 0 unspecified atom stereocenters. The summed E-state index contributed by atoms with van der Waals surface area (Å²) in [7, 11) is 0. The summed E-state index contributed by atoms with van der Waals surface area (Å²) in [5.41, 5.74) is -8.66. The topological polar surface area (TPSA) is 26.3 Å². The Bertz CT molecular complexity index is 660. The summed E-state index contributed by atoms with van der Waals surface area (Å²) >= 11 is 0. The van der Waals surface area contributed by atoms with Crippen LogP contribution in [0.3, 0.4) is 0 Å². The van der Waals surface area contributed by atoms with E-state index in [9.17, 15) is 70.7 Å². The Morgan fingerprint density at radius 1 is 0.710 bits per heavy atom. The molecule has 0 aromatic heterocycles. The minimum Gasteiger partial charge on any atom is -0.462 e. The van der Waals surface area contributed by atoms with E-state index in [2.05, 4.69) is 11.3 Å². The molecular formula is C14H11F15O2. The predicted octanol–water partition coefficient (Wildman–Crippen LogP) is 6.26. The Morgan fingerprint density at radius 3 is 1.42 bits per heavy atom. The molecule has 31 heavy (non-hydrogen) atoms. The summed E-state index contributed by atoms with van der Waals surface area (Å²) < 4.78 is 199. The lowest BCUT2D eigenvalue weighted by molar-refractivity contribution is -0.457. The smallest absolute Gasteiger partial charge is 0.438 e. The summed E-state index contributed by atoms with van der Waals surface area (Å²) in [5, 5.41) is 0. The number of esters is 1. The molecule has 0 aliphatic rings. The zero-order valence-corrected chi connectivity index (χ0v) is 14.8. The molecule has 0 amide bonds. The molecule has 0 saturated carbocycles. The Morgan fingerprint density at radius 2 is 1.10 bits per heavy atom. The molecule has 0 aliphatic heterocycles. The van der Waals surface area contributed by atoms with Crippen LogP contribution in [0.5, 0.6) is 0 Å². The summed E-state index contributed by atoms with van der Waals surface area (Å²) in [6.45, 7) is 2.80. The maximum atomic E-state index is 13.5. The third-order valence-corrected chi connectivity index (χ3v) is 3.68. The second-order valence-corrected chi connectivity index (χ2v) is 6.10. The van der Waals surface area contributed by atoms with E-state index < -0.39 is 67.1 Å². The van der Waals surface area contributed by atoms with Gasteiger partial charge in [0.05, 0.1) is 6.61 Å². The SMILES string of the molecule is C=C(C)C(=O)OCCCC(F)(F)C(F)(F)C(F)(F)C(F)(F)C(F)(C(F)(F)F)C(F)(F)F. The van der Waals surface area contributed by atoms with Crippen molar-refractivity contribution in [2.45, 2.75) is 61.5 Å². The van der Waals surface area contributed by atoms with Crippen molar-refractivity contribution in [3.05, 3.63) is 12.2 Å². The molecular weight excluding hydrogens is 485 g/mol. The highest BCUT2D eigenvalue weighted by Gasteiger charge is 2.95. The molecule has 0 atom stereocenters. The first kappa shape index (κ1) is 29.2. The maximum absolute atomic E-state index is 13.5. The molecule has 0 aromatic rings. The fraction of sp³-hybridized carbons (Fsp3) is 0.786. The van der Waals surface area contributed by atoms with Crippen LogP contribution in [0.1, 0.15) is 19.8 Å². The van der Waals surface area contributed by atoms with E-state index in [1.807, 2.05) is 0 Å². The molecule has 0 N–H and O–H groups in total. The van der Waals surface area contributed by atoms with Crippen LogP contribution in [0, 0.1) is 0 Å². The van der Waals surface area contributed by atoms with E-state index >= 15 is 0 Å². The van der Waals surface area contributed by atoms with Crippen LogP contribution in [0.15, 0.2) is 12.2 Å². The fourth-order valence-electron chi connectivity index (χ4n) is 1.90. The van der Waals surface area contributed by atoms with Crippen molar-refractivity contribution < 1.29 is 75.4 Å². The van der Waals surface area contributed by atoms with Gasteiger partial charge in [0.25, 0.3) is 0 Å².